The number of Topliss-reactive ketones (excluding diaryl/α,β-unsaturated/α-hetero) is 1. The van der Waals surface area contributed by atoms with Gasteiger partial charge in [0.1, 0.15) is 12.2 Å². The molecule has 72 valence electrons. The van der Waals surface area contributed by atoms with E-state index in [0.29, 0.717) is 6.61 Å². The summed E-state index contributed by atoms with van der Waals surface area (Å²) in [5.41, 5.74) is -0.715. The second-order valence-electron chi connectivity index (χ2n) is 3.19. The van der Waals surface area contributed by atoms with E-state index in [0.717, 1.165) is 6.42 Å². The quantitative estimate of drug-likeness (QED) is 0.571. The fourth-order valence-corrected chi connectivity index (χ4v) is 0.597. The molecule has 0 rings (SSSR count). The summed E-state index contributed by atoms with van der Waals surface area (Å²) in [4.78, 5) is 11.3. The van der Waals surface area contributed by atoms with Crippen molar-refractivity contribution >= 4 is 5.78 Å². The van der Waals surface area contributed by atoms with Crippen LogP contribution in [0.5, 0.6) is 0 Å². The Balaban J connectivity index is 3.72. The highest BCUT2D eigenvalue weighted by atomic mass is 16.5. The van der Waals surface area contributed by atoms with Crippen LogP contribution in [0.1, 0.15) is 27.2 Å². The van der Waals surface area contributed by atoms with Crippen molar-refractivity contribution in [1.29, 1.82) is 0 Å². The third-order valence-corrected chi connectivity index (χ3v) is 1.76. The maximum Gasteiger partial charge on any atom is 0.189 e. The molecule has 0 heterocycles. The predicted molar refractivity (Wildman–Crippen MR) is 47.2 cm³/mol. The van der Waals surface area contributed by atoms with Crippen LogP contribution in [-0.4, -0.2) is 31.7 Å². The molecular formula is C9H18O3. The van der Waals surface area contributed by atoms with Crippen LogP contribution in [0.3, 0.4) is 0 Å². The number of rotatable bonds is 6. The lowest BCUT2D eigenvalue weighted by Gasteiger charge is -2.20. The topological polar surface area (TPSA) is 35.5 Å². The number of carbonyl (C=O) groups is 1. The van der Waals surface area contributed by atoms with E-state index in [2.05, 4.69) is 0 Å². The average molecular weight is 174 g/mol. The third kappa shape index (κ3) is 3.83. The summed E-state index contributed by atoms with van der Waals surface area (Å²) in [6.07, 6.45) is 0.931. The van der Waals surface area contributed by atoms with Gasteiger partial charge < -0.3 is 9.47 Å². The predicted octanol–water partition coefficient (Wildman–Crippen LogP) is 1.41. The highest BCUT2D eigenvalue weighted by molar-refractivity contribution is 5.87. The van der Waals surface area contributed by atoms with Gasteiger partial charge in [-0.25, -0.2) is 0 Å². The Labute approximate surface area is 74.0 Å². The Kier molecular flexibility index (Phi) is 5.09. The molecule has 0 aliphatic carbocycles. The number of hydrogen-bond donors (Lipinski definition) is 0. The molecule has 0 aromatic heterocycles. The first-order chi connectivity index (χ1) is 5.54. The van der Waals surface area contributed by atoms with Gasteiger partial charge in [-0.1, -0.05) is 6.92 Å². The molecule has 0 unspecified atom stereocenters. The summed E-state index contributed by atoms with van der Waals surface area (Å²) < 4.78 is 10.1. The molecule has 0 bridgehead atoms. The molecule has 0 aromatic rings. The first-order valence-electron chi connectivity index (χ1n) is 4.20. The molecule has 3 nitrogen and oxygen atoms in total. The monoisotopic (exact) mass is 174 g/mol. The average Bonchev–Trinajstić information content (AvgIpc) is 2.05. The molecule has 3 heteroatoms. The number of hydrogen-bond acceptors (Lipinski definition) is 3. The molecule has 0 aliphatic rings. The minimum Gasteiger partial charge on any atom is -0.374 e. The highest BCUT2D eigenvalue weighted by Crippen LogP contribution is 2.08. The lowest BCUT2D eigenvalue weighted by atomic mass is 10.0. The van der Waals surface area contributed by atoms with E-state index < -0.39 is 5.60 Å². The zero-order chi connectivity index (χ0) is 9.61. The van der Waals surface area contributed by atoms with Gasteiger partial charge in [0.25, 0.3) is 0 Å². The van der Waals surface area contributed by atoms with Gasteiger partial charge in [-0.2, -0.15) is 0 Å². The van der Waals surface area contributed by atoms with E-state index in [4.69, 9.17) is 9.47 Å². The number of carbonyl (C=O) groups excluding carboxylic acids is 1. The second-order valence-corrected chi connectivity index (χ2v) is 3.19. The van der Waals surface area contributed by atoms with Crippen LogP contribution in [0, 0.1) is 0 Å². The zero-order valence-electron chi connectivity index (χ0n) is 8.35. The second kappa shape index (κ2) is 5.27. The van der Waals surface area contributed by atoms with Crippen LogP contribution in [0.2, 0.25) is 0 Å². The van der Waals surface area contributed by atoms with Crippen LogP contribution in [0.15, 0.2) is 0 Å². The molecule has 0 aromatic carbocycles. The Hall–Kier alpha value is -0.410. The van der Waals surface area contributed by atoms with Crippen LogP contribution in [0.25, 0.3) is 0 Å². The fraction of sp³-hybridized carbons (Fsp3) is 0.889. The fourth-order valence-electron chi connectivity index (χ4n) is 0.597. The maximum atomic E-state index is 11.3. The largest absolute Gasteiger partial charge is 0.374 e. The number of ether oxygens (including phenoxy) is 2. The zero-order valence-corrected chi connectivity index (χ0v) is 8.35. The van der Waals surface area contributed by atoms with Crippen LogP contribution in [0.4, 0.5) is 0 Å². The van der Waals surface area contributed by atoms with E-state index in [1.165, 1.54) is 7.11 Å². The number of methoxy groups -OCH3 is 1. The van der Waals surface area contributed by atoms with Crippen molar-refractivity contribution in [2.75, 3.05) is 20.3 Å². The summed E-state index contributed by atoms with van der Waals surface area (Å²) in [7, 11) is 1.53. The van der Waals surface area contributed by atoms with Gasteiger partial charge in [0.05, 0.1) is 0 Å². The first kappa shape index (κ1) is 11.6. The van der Waals surface area contributed by atoms with Gasteiger partial charge in [-0.05, 0) is 20.3 Å². The normalized spacial score (nSPS) is 11.7. The van der Waals surface area contributed by atoms with Crippen molar-refractivity contribution < 1.29 is 14.3 Å². The molecule has 0 fully saturated rings. The van der Waals surface area contributed by atoms with Crippen LogP contribution >= 0.6 is 0 Å². The molecule has 0 saturated carbocycles. The van der Waals surface area contributed by atoms with Crippen LogP contribution < -0.4 is 0 Å². The smallest absolute Gasteiger partial charge is 0.189 e. The Morgan fingerprint density at radius 1 is 1.42 bits per heavy atom. The van der Waals surface area contributed by atoms with Gasteiger partial charge in [0.2, 0.25) is 0 Å². The van der Waals surface area contributed by atoms with E-state index in [9.17, 15) is 4.79 Å². The Morgan fingerprint density at radius 3 is 2.42 bits per heavy atom. The molecule has 0 radical (unpaired) electrons. The molecule has 0 aliphatic heterocycles. The Morgan fingerprint density at radius 2 is 2.00 bits per heavy atom. The minimum absolute atomic E-state index is 0.0153. The van der Waals surface area contributed by atoms with Gasteiger partial charge in [0.15, 0.2) is 5.78 Å². The molecular weight excluding hydrogens is 156 g/mol. The van der Waals surface area contributed by atoms with Gasteiger partial charge >= 0.3 is 0 Å². The lowest BCUT2D eigenvalue weighted by Crippen LogP contribution is -2.36. The van der Waals surface area contributed by atoms with E-state index in [-0.39, 0.29) is 12.4 Å². The van der Waals surface area contributed by atoms with Gasteiger partial charge in [0, 0.05) is 13.7 Å². The summed E-state index contributed by atoms with van der Waals surface area (Å²) in [5, 5.41) is 0. The summed E-state index contributed by atoms with van der Waals surface area (Å²) in [6.45, 7) is 6.27. The molecule has 0 N–H and O–H groups in total. The standard InChI is InChI=1S/C9H18O3/c1-5-6-12-7-8(10)9(2,3)11-4/h5-7H2,1-4H3. The highest BCUT2D eigenvalue weighted by Gasteiger charge is 2.26. The number of ketones is 1. The van der Waals surface area contributed by atoms with E-state index in [1.54, 1.807) is 13.8 Å². The molecule has 0 saturated heterocycles. The van der Waals surface area contributed by atoms with Crippen molar-refractivity contribution in [1.82, 2.24) is 0 Å². The summed E-state index contributed by atoms with van der Waals surface area (Å²) in [5.74, 6) is -0.0153. The molecule has 0 amide bonds. The lowest BCUT2D eigenvalue weighted by molar-refractivity contribution is -0.141. The van der Waals surface area contributed by atoms with Crippen molar-refractivity contribution in [3.8, 4) is 0 Å². The van der Waals surface area contributed by atoms with Crippen molar-refractivity contribution in [2.45, 2.75) is 32.8 Å². The maximum absolute atomic E-state index is 11.3. The van der Waals surface area contributed by atoms with E-state index >= 15 is 0 Å². The van der Waals surface area contributed by atoms with Crippen molar-refractivity contribution in [3.05, 3.63) is 0 Å². The van der Waals surface area contributed by atoms with Crippen molar-refractivity contribution in [2.24, 2.45) is 0 Å². The molecule has 12 heavy (non-hydrogen) atoms. The summed E-state index contributed by atoms with van der Waals surface area (Å²) in [6, 6.07) is 0. The Bertz CT molecular complexity index is 141. The van der Waals surface area contributed by atoms with E-state index in [1.807, 2.05) is 6.92 Å². The molecule has 0 atom stereocenters. The first-order valence-corrected chi connectivity index (χ1v) is 4.20. The van der Waals surface area contributed by atoms with Crippen molar-refractivity contribution in [3.63, 3.8) is 0 Å². The van der Waals surface area contributed by atoms with Crippen LogP contribution in [-0.2, 0) is 14.3 Å². The SMILES string of the molecule is CCCOCC(=O)C(C)(C)OC. The van der Waals surface area contributed by atoms with Gasteiger partial charge in [-0.15, -0.1) is 0 Å². The third-order valence-electron chi connectivity index (χ3n) is 1.76. The van der Waals surface area contributed by atoms with Gasteiger partial charge in [-0.3, -0.25) is 4.79 Å². The summed E-state index contributed by atoms with van der Waals surface area (Å²) >= 11 is 0. The minimum atomic E-state index is -0.715. The molecule has 0 spiro atoms.